The van der Waals surface area contributed by atoms with Crippen LogP contribution in [0.5, 0.6) is 5.75 Å². The largest absolute Gasteiger partial charge is 0.481 e. The predicted octanol–water partition coefficient (Wildman–Crippen LogP) is 2.88. The van der Waals surface area contributed by atoms with Crippen LogP contribution in [0, 0.1) is 13.8 Å². The first kappa shape index (κ1) is 20.9. The summed E-state index contributed by atoms with van der Waals surface area (Å²) in [6, 6.07) is 15.6. The van der Waals surface area contributed by atoms with Crippen LogP contribution in [-0.2, 0) is 16.1 Å². The summed E-state index contributed by atoms with van der Waals surface area (Å²) in [6.45, 7) is 7.21. The molecule has 0 aromatic heterocycles. The third kappa shape index (κ3) is 5.35. The van der Waals surface area contributed by atoms with E-state index in [1.54, 1.807) is 6.92 Å². The highest BCUT2D eigenvalue weighted by Gasteiger charge is 2.31. The molecule has 154 valence electrons. The third-order valence-corrected chi connectivity index (χ3v) is 5.43. The van der Waals surface area contributed by atoms with E-state index in [0.717, 1.165) is 37.1 Å². The summed E-state index contributed by atoms with van der Waals surface area (Å²) < 4.78 is 5.77. The summed E-state index contributed by atoms with van der Waals surface area (Å²) in [4.78, 5) is 27.1. The van der Waals surface area contributed by atoms with E-state index >= 15 is 0 Å². The van der Waals surface area contributed by atoms with E-state index in [1.807, 2.05) is 50.2 Å². The second-order valence-corrected chi connectivity index (χ2v) is 7.55. The lowest BCUT2D eigenvalue weighted by Gasteiger charge is -2.24. The highest BCUT2D eigenvalue weighted by molar-refractivity contribution is 5.87. The lowest BCUT2D eigenvalue weighted by atomic mass is 10.1. The van der Waals surface area contributed by atoms with Gasteiger partial charge in [0.1, 0.15) is 5.75 Å². The van der Waals surface area contributed by atoms with Gasteiger partial charge in [-0.1, -0.05) is 42.5 Å². The highest BCUT2D eigenvalue weighted by Crippen LogP contribution is 2.22. The number of nitrogens with zero attached hydrogens (tertiary/aromatic N) is 1. The van der Waals surface area contributed by atoms with Gasteiger partial charge in [0.2, 0.25) is 0 Å². The second-order valence-electron chi connectivity index (χ2n) is 7.55. The Balaban J connectivity index is 1.51. The van der Waals surface area contributed by atoms with Gasteiger partial charge in [0.05, 0.1) is 6.04 Å². The van der Waals surface area contributed by atoms with Gasteiger partial charge in [-0.05, 0) is 62.9 Å². The number of likely N-dealkylation sites (tertiary alicyclic amines) is 1. The lowest BCUT2D eigenvalue weighted by molar-refractivity contribution is -0.134. The minimum Gasteiger partial charge on any atom is -0.481 e. The standard InChI is InChI=1S/C23H29N3O3/c1-16-9-7-13-21(17(16)2)29-18(3)22(27)24-25-23(28)20-12-8-14-26(20)15-19-10-5-4-6-11-19/h4-7,9-11,13,18,20H,8,12,14-15H2,1-3H3,(H,24,27)(H,25,28). The van der Waals surface area contributed by atoms with E-state index in [0.29, 0.717) is 5.75 Å². The molecule has 0 saturated carbocycles. The second kappa shape index (κ2) is 9.56. The fraction of sp³-hybridized carbons (Fsp3) is 0.391. The van der Waals surface area contributed by atoms with Gasteiger partial charge < -0.3 is 4.74 Å². The highest BCUT2D eigenvalue weighted by atomic mass is 16.5. The van der Waals surface area contributed by atoms with Crippen molar-refractivity contribution in [1.29, 1.82) is 0 Å². The molecule has 2 atom stereocenters. The summed E-state index contributed by atoms with van der Waals surface area (Å²) in [5.74, 6) is 0.0985. The Bertz CT molecular complexity index is 854. The van der Waals surface area contributed by atoms with Crippen LogP contribution in [0.3, 0.4) is 0 Å². The molecule has 0 radical (unpaired) electrons. The first-order valence-corrected chi connectivity index (χ1v) is 10.1. The van der Waals surface area contributed by atoms with Gasteiger partial charge in [-0.3, -0.25) is 25.3 Å². The molecule has 1 heterocycles. The zero-order valence-corrected chi connectivity index (χ0v) is 17.3. The topological polar surface area (TPSA) is 70.7 Å². The van der Waals surface area contributed by atoms with E-state index < -0.39 is 6.10 Å². The number of carbonyl (C=O) groups is 2. The van der Waals surface area contributed by atoms with Gasteiger partial charge in [0, 0.05) is 6.54 Å². The van der Waals surface area contributed by atoms with E-state index in [2.05, 4.69) is 27.9 Å². The number of carbonyl (C=O) groups excluding carboxylic acids is 2. The Hall–Kier alpha value is -2.86. The molecule has 2 N–H and O–H groups in total. The Morgan fingerprint density at radius 3 is 2.62 bits per heavy atom. The minimum atomic E-state index is -0.722. The maximum atomic E-state index is 12.6. The predicted molar refractivity (Wildman–Crippen MR) is 112 cm³/mol. The van der Waals surface area contributed by atoms with Gasteiger partial charge in [-0.25, -0.2) is 0 Å². The number of aryl methyl sites for hydroxylation is 1. The molecule has 2 amide bonds. The third-order valence-electron chi connectivity index (χ3n) is 5.43. The number of hydrogen-bond donors (Lipinski definition) is 2. The molecule has 1 aliphatic heterocycles. The van der Waals surface area contributed by atoms with Gasteiger partial charge >= 0.3 is 0 Å². The molecule has 6 nitrogen and oxygen atoms in total. The average molecular weight is 396 g/mol. The molecule has 2 aromatic rings. The normalized spacial score (nSPS) is 17.6. The Morgan fingerprint density at radius 2 is 1.86 bits per heavy atom. The molecule has 29 heavy (non-hydrogen) atoms. The first-order chi connectivity index (χ1) is 14.0. The molecule has 3 rings (SSSR count). The van der Waals surface area contributed by atoms with Crippen LogP contribution in [0.4, 0.5) is 0 Å². The summed E-state index contributed by atoms with van der Waals surface area (Å²) in [7, 11) is 0. The molecule has 1 aliphatic rings. The van der Waals surface area contributed by atoms with Crippen LogP contribution in [0.25, 0.3) is 0 Å². The molecule has 2 aromatic carbocycles. The summed E-state index contributed by atoms with van der Waals surface area (Å²) in [6.07, 6.45) is 1.02. The first-order valence-electron chi connectivity index (χ1n) is 10.1. The number of amides is 2. The fourth-order valence-corrected chi connectivity index (χ4v) is 3.53. The van der Waals surface area contributed by atoms with Gasteiger partial charge in [0.25, 0.3) is 11.8 Å². The number of hydrogen-bond acceptors (Lipinski definition) is 4. The molecule has 1 fully saturated rings. The number of hydrazine groups is 1. The zero-order chi connectivity index (χ0) is 20.8. The summed E-state index contributed by atoms with van der Waals surface area (Å²) in [5.41, 5.74) is 8.35. The molecule has 2 unspecified atom stereocenters. The monoisotopic (exact) mass is 395 g/mol. The fourth-order valence-electron chi connectivity index (χ4n) is 3.53. The van der Waals surface area contributed by atoms with Crippen LogP contribution in [-0.4, -0.2) is 35.4 Å². The SMILES string of the molecule is Cc1cccc(OC(C)C(=O)NNC(=O)C2CCCN2Cc2ccccc2)c1C. The Labute approximate surface area is 172 Å². The Morgan fingerprint density at radius 1 is 1.10 bits per heavy atom. The molecule has 6 heteroatoms. The van der Waals surface area contributed by atoms with E-state index in [-0.39, 0.29) is 17.9 Å². The quantitative estimate of drug-likeness (QED) is 0.738. The van der Waals surface area contributed by atoms with Crippen molar-refractivity contribution >= 4 is 11.8 Å². The lowest BCUT2D eigenvalue weighted by Crippen LogP contribution is -2.52. The van der Waals surface area contributed by atoms with Crippen molar-refractivity contribution in [3.05, 3.63) is 65.2 Å². The molecule has 0 spiro atoms. The van der Waals surface area contributed by atoms with Crippen molar-refractivity contribution in [1.82, 2.24) is 15.8 Å². The summed E-state index contributed by atoms with van der Waals surface area (Å²) >= 11 is 0. The molecule has 0 aliphatic carbocycles. The maximum Gasteiger partial charge on any atom is 0.279 e. The molecule has 0 bridgehead atoms. The van der Waals surface area contributed by atoms with Gasteiger partial charge in [-0.2, -0.15) is 0 Å². The van der Waals surface area contributed by atoms with Gasteiger partial charge in [-0.15, -0.1) is 0 Å². The average Bonchev–Trinajstić information content (AvgIpc) is 3.18. The zero-order valence-electron chi connectivity index (χ0n) is 17.3. The number of ether oxygens (including phenoxy) is 1. The van der Waals surface area contributed by atoms with Crippen LogP contribution < -0.4 is 15.6 Å². The number of nitrogens with one attached hydrogen (secondary N) is 2. The van der Waals surface area contributed by atoms with Crippen molar-refractivity contribution in [2.45, 2.75) is 52.3 Å². The van der Waals surface area contributed by atoms with Crippen LogP contribution >= 0.6 is 0 Å². The van der Waals surface area contributed by atoms with Crippen molar-refractivity contribution in [3.63, 3.8) is 0 Å². The van der Waals surface area contributed by atoms with Crippen LogP contribution in [0.1, 0.15) is 36.5 Å². The van der Waals surface area contributed by atoms with Crippen LogP contribution in [0.2, 0.25) is 0 Å². The minimum absolute atomic E-state index is 0.189. The van der Waals surface area contributed by atoms with E-state index in [4.69, 9.17) is 4.74 Å². The number of benzene rings is 2. The maximum absolute atomic E-state index is 12.6. The smallest absolute Gasteiger partial charge is 0.279 e. The molecular formula is C23H29N3O3. The van der Waals surface area contributed by atoms with Crippen molar-refractivity contribution in [3.8, 4) is 5.75 Å². The van der Waals surface area contributed by atoms with E-state index in [9.17, 15) is 9.59 Å². The van der Waals surface area contributed by atoms with Crippen LogP contribution in [0.15, 0.2) is 48.5 Å². The van der Waals surface area contributed by atoms with E-state index in [1.165, 1.54) is 5.56 Å². The molecular weight excluding hydrogens is 366 g/mol. The van der Waals surface area contributed by atoms with Crippen molar-refractivity contribution in [2.24, 2.45) is 0 Å². The summed E-state index contributed by atoms with van der Waals surface area (Å²) in [5, 5.41) is 0. The number of rotatable bonds is 6. The van der Waals surface area contributed by atoms with Crippen molar-refractivity contribution < 1.29 is 14.3 Å². The Kier molecular flexibility index (Phi) is 6.88. The van der Waals surface area contributed by atoms with Gasteiger partial charge in [0.15, 0.2) is 6.10 Å². The van der Waals surface area contributed by atoms with Crippen molar-refractivity contribution in [2.75, 3.05) is 6.54 Å². The molecule has 1 saturated heterocycles.